The third-order valence-electron chi connectivity index (χ3n) is 3.34. The second kappa shape index (κ2) is 8.24. The van der Waals surface area contributed by atoms with Crippen LogP contribution in [-0.2, 0) is 11.3 Å². The highest BCUT2D eigenvalue weighted by Gasteiger charge is 2.07. The first-order valence-electron chi connectivity index (χ1n) is 8.11. The molecule has 25 heavy (non-hydrogen) atoms. The Morgan fingerprint density at radius 1 is 1.12 bits per heavy atom. The van der Waals surface area contributed by atoms with Crippen molar-refractivity contribution in [1.29, 1.82) is 0 Å². The van der Waals surface area contributed by atoms with Crippen molar-refractivity contribution in [3.05, 3.63) is 72.1 Å². The van der Waals surface area contributed by atoms with Gasteiger partial charge in [0.2, 0.25) is 5.91 Å². The van der Waals surface area contributed by atoms with E-state index in [2.05, 4.69) is 15.6 Å². The number of nitrogens with one attached hydrogen (secondary N) is 2. The zero-order valence-electron chi connectivity index (χ0n) is 14.7. The van der Waals surface area contributed by atoms with Crippen molar-refractivity contribution in [1.82, 2.24) is 10.3 Å². The summed E-state index contributed by atoms with van der Waals surface area (Å²) in [4.78, 5) is 27.7. The first-order valence-corrected chi connectivity index (χ1v) is 8.11. The van der Waals surface area contributed by atoms with E-state index in [-0.39, 0.29) is 17.2 Å². The summed E-state index contributed by atoms with van der Waals surface area (Å²) in [5.74, 6) is -0.328. The lowest BCUT2D eigenvalue weighted by molar-refractivity contribution is -0.116. The van der Waals surface area contributed by atoms with Crippen molar-refractivity contribution in [2.24, 2.45) is 5.41 Å². The third kappa shape index (κ3) is 6.59. The topological polar surface area (TPSA) is 71.1 Å². The molecule has 0 spiro atoms. The van der Waals surface area contributed by atoms with Gasteiger partial charge in [0.05, 0.1) is 5.56 Å². The van der Waals surface area contributed by atoms with Gasteiger partial charge in [-0.1, -0.05) is 39.0 Å². The van der Waals surface area contributed by atoms with Gasteiger partial charge in [-0.15, -0.1) is 0 Å². The lowest BCUT2D eigenvalue weighted by Gasteiger charge is -2.11. The van der Waals surface area contributed by atoms with Gasteiger partial charge in [-0.05, 0) is 41.3 Å². The summed E-state index contributed by atoms with van der Waals surface area (Å²) >= 11 is 0. The summed E-state index contributed by atoms with van der Waals surface area (Å²) in [6.45, 7) is 6.55. The molecule has 2 aromatic rings. The van der Waals surface area contributed by atoms with E-state index in [1.807, 2.05) is 39.0 Å². The van der Waals surface area contributed by atoms with Crippen LogP contribution in [0.3, 0.4) is 0 Å². The molecular weight excluding hydrogens is 314 g/mol. The lowest BCUT2D eigenvalue weighted by atomic mass is 9.96. The Morgan fingerprint density at radius 2 is 1.84 bits per heavy atom. The molecule has 2 amide bonds. The number of allylic oxidation sites excluding steroid dienone is 1. The quantitative estimate of drug-likeness (QED) is 0.820. The molecular formula is C20H23N3O2. The fourth-order valence-electron chi connectivity index (χ4n) is 1.98. The average molecular weight is 337 g/mol. The first-order chi connectivity index (χ1) is 11.8. The highest BCUT2D eigenvalue weighted by molar-refractivity contribution is 6.04. The Morgan fingerprint density at radius 3 is 2.44 bits per heavy atom. The van der Waals surface area contributed by atoms with Crippen LogP contribution in [0.1, 0.15) is 36.7 Å². The lowest BCUT2D eigenvalue weighted by Crippen LogP contribution is -2.21. The number of carbonyl (C=O) groups excluding carboxylic acids is 2. The summed E-state index contributed by atoms with van der Waals surface area (Å²) in [5.41, 5.74) is 2.13. The predicted molar refractivity (Wildman–Crippen MR) is 99.1 cm³/mol. The van der Waals surface area contributed by atoms with E-state index in [4.69, 9.17) is 0 Å². The molecule has 2 rings (SSSR count). The van der Waals surface area contributed by atoms with Crippen LogP contribution >= 0.6 is 0 Å². The van der Waals surface area contributed by atoms with Gasteiger partial charge >= 0.3 is 0 Å². The van der Waals surface area contributed by atoms with Gasteiger partial charge in [0, 0.05) is 24.6 Å². The van der Waals surface area contributed by atoms with E-state index >= 15 is 0 Å². The first kappa shape index (κ1) is 18.4. The summed E-state index contributed by atoms with van der Waals surface area (Å²) in [7, 11) is 0. The van der Waals surface area contributed by atoms with Crippen molar-refractivity contribution in [3.63, 3.8) is 0 Å². The molecule has 1 heterocycles. The molecule has 0 radical (unpaired) electrons. The van der Waals surface area contributed by atoms with Crippen LogP contribution in [0.25, 0.3) is 0 Å². The monoisotopic (exact) mass is 337 g/mol. The molecule has 130 valence electrons. The molecule has 2 N–H and O–H groups in total. The number of aromatic nitrogens is 1. The van der Waals surface area contributed by atoms with Crippen LogP contribution < -0.4 is 10.6 Å². The van der Waals surface area contributed by atoms with Gasteiger partial charge in [-0.3, -0.25) is 14.6 Å². The Kier molecular flexibility index (Phi) is 6.06. The molecule has 0 aliphatic rings. The molecule has 5 heteroatoms. The minimum Gasteiger partial charge on any atom is -0.348 e. The fourth-order valence-corrected chi connectivity index (χ4v) is 1.98. The third-order valence-corrected chi connectivity index (χ3v) is 3.34. The second-order valence-corrected chi connectivity index (χ2v) is 6.81. The zero-order chi connectivity index (χ0) is 18.3. The van der Waals surface area contributed by atoms with Crippen molar-refractivity contribution in [2.45, 2.75) is 27.3 Å². The van der Waals surface area contributed by atoms with E-state index < -0.39 is 0 Å². The highest BCUT2D eigenvalue weighted by Crippen LogP contribution is 2.14. The molecule has 0 atom stereocenters. The van der Waals surface area contributed by atoms with Crippen molar-refractivity contribution >= 4 is 17.5 Å². The molecule has 0 fully saturated rings. The van der Waals surface area contributed by atoms with Gasteiger partial charge < -0.3 is 10.6 Å². The van der Waals surface area contributed by atoms with Gasteiger partial charge in [-0.2, -0.15) is 0 Å². The second-order valence-electron chi connectivity index (χ2n) is 6.81. The smallest absolute Gasteiger partial charge is 0.257 e. The molecule has 1 aromatic carbocycles. The Balaban J connectivity index is 1.87. The average Bonchev–Trinajstić information content (AvgIpc) is 2.59. The van der Waals surface area contributed by atoms with Gasteiger partial charge in [-0.25, -0.2) is 0 Å². The van der Waals surface area contributed by atoms with Crippen LogP contribution in [0.5, 0.6) is 0 Å². The summed E-state index contributed by atoms with van der Waals surface area (Å²) in [5, 5.41) is 5.65. The standard InChI is InChI=1S/C20H23N3O2/c1-20(2,3)11-10-18(24)22-13-15-6-8-17(9-7-15)23-19(25)16-5-4-12-21-14-16/h4-12,14H,13H2,1-3H3,(H,22,24)(H,23,25)/b11-10+. The number of nitrogens with zero attached hydrogens (tertiary/aromatic N) is 1. The fraction of sp³-hybridized carbons (Fsp3) is 0.250. The van der Waals surface area contributed by atoms with E-state index in [0.29, 0.717) is 17.8 Å². The van der Waals surface area contributed by atoms with Crippen LogP contribution in [0.4, 0.5) is 5.69 Å². The van der Waals surface area contributed by atoms with Crippen LogP contribution in [0, 0.1) is 5.41 Å². The number of hydrogen-bond acceptors (Lipinski definition) is 3. The number of rotatable bonds is 5. The number of hydrogen-bond donors (Lipinski definition) is 2. The van der Waals surface area contributed by atoms with Gasteiger partial charge in [0.15, 0.2) is 0 Å². The zero-order valence-corrected chi connectivity index (χ0v) is 14.7. The van der Waals surface area contributed by atoms with Gasteiger partial charge in [0.25, 0.3) is 5.91 Å². The van der Waals surface area contributed by atoms with E-state index in [1.54, 1.807) is 36.5 Å². The number of amides is 2. The molecule has 0 unspecified atom stereocenters. The van der Waals surface area contributed by atoms with Crippen molar-refractivity contribution in [2.75, 3.05) is 5.32 Å². The van der Waals surface area contributed by atoms with Crippen LogP contribution in [0.2, 0.25) is 0 Å². The van der Waals surface area contributed by atoms with E-state index in [9.17, 15) is 9.59 Å². The molecule has 0 saturated heterocycles. The van der Waals surface area contributed by atoms with Crippen molar-refractivity contribution in [3.8, 4) is 0 Å². The van der Waals surface area contributed by atoms with Crippen molar-refractivity contribution < 1.29 is 9.59 Å². The predicted octanol–water partition coefficient (Wildman–Crippen LogP) is 3.55. The summed E-state index contributed by atoms with van der Waals surface area (Å²) < 4.78 is 0. The Labute approximate surface area is 148 Å². The minimum atomic E-state index is -0.207. The van der Waals surface area contributed by atoms with E-state index in [1.165, 1.54) is 6.20 Å². The normalized spacial score (nSPS) is 11.3. The molecule has 5 nitrogen and oxygen atoms in total. The number of pyridine rings is 1. The van der Waals surface area contributed by atoms with E-state index in [0.717, 1.165) is 5.56 Å². The van der Waals surface area contributed by atoms with Crippen LogP contribution in [0.15, 0.2) is 60.9 Å². The molecule has 0 bridgehead atoms. The summed E-state index contributed by atoms with van der Waals surface area (Å²) in [6.07, 6.45) is 6.57. The molecule has 0 aliphatic carbocycles. The highest BCUT2D eigenvalue weighted by atomic mass is 16.2. The number of benzene rings is 1. The number of carbonyl (C=O) groups is 2. The molecule has 0 saturated carbocycles. The maximum Gasteiger partial charge on any atom is 0.257 e. The largest absolute Gasteiger partial charge is 0.348 e. The minimum absolute atomic E-state index is 0.0224. The summed E-state index contributed by atoms with van der Waals surface area (Å²) in [6, 6.07) is 10.8. The SMILES string of the molecule is CC(C)(C)/C=C/C(=O)NCc1ccc(NC(=O)c2cccnc2)cc1. The number of anilines is 1. The van der Waals surface area contributed by atoms with Crippen LogP contribution in [-0.4, -0.2) is 16.8 Å². The van der Waals surface area contributed by atoms with Gasteiger partial charge in [0.1, 0.15) is 0 Å². The Hall–Kier alpha value is -2.95. The maximum atomic E-state index is 12.1. The molecule has 1 aromatic heterocycles. The maximum absolute atomic E-state index is 12.1. The Bertz CT molecular complexity index is 745. The molecule has 0 aliphatic heterocycles.